The zero-order valence-electron chi connectivity index (χ0n) is 12.7. The fraction of sp³-hybridized carbons (Fsp3) is 0.600. The average molecular weight is 314 g/mol. The Bertz CT molecular complexity index is 614. The number of nitrogens with one attached hydrogen (secondary N) is 2. The van der Waals surface area contributed by atoms with Gasteiger partial charge in [0.2, 0.25) is 10.0 Å². The zero-order valence-corrected chi connectivity index (χ0v) is 13.6. The number of hydrogen-bond donors (Lipinski definition) is 2. The summed E-state index contributed by atoms with van der Waals surface area (Å²) in [7, 11) is -3.58. The molecule has 0 aromatic heterocycles. The second-order valence-electron chi connectivity index (χ2n) is 6.30. The molecule has 0 saturated heterocycles. The van der Waals surface area contributed by atoms with Crippen LogP contribution in [0.25, 0.3) is 0 Å². The van der Waals surface area contributed by atoms with Crippen LogP contribution in [0.15, 0.2) is 23.1 Å². The lowest BCUT2D eigenvalue weighted by Crippen LogP contribution is -2.28. The average Bonchev–Trinajstić information content (AvgIpc) is 2.97. The molecule has 1 aliphatic carbocycles. The first-order valence-electron chi connectivity index (χ1n) is 7.28. The van der Waals surface area contributed by atoms with Crippen LogP contribution in [0, 0.1) is 11.2 Å². The Balaban J connectivity index is 2.13. The number of hydrogen-bond acceptors (Lipinski definition) is 3. The molecule has 118 valence electrons. The fourth-order valence-electron chi connectivity index (χ4n) is 2.18. The third-order valence-electron chi connectivity index (χ3n) is 3.88. The highest BCUT2D eigenvalue weighted by molar-refractivity contribution is 7.89. The second kappa shape index (κ2) is 6.02. The van der Waals surface area contributed by atoms with E-state index in [9.17, 15) is 12.8 Å². The second-order valence-corrected chi connectivity index (χ2v) is 8.01. The minimum Gasteiger partial charge on any atom is -0.313 e. The number of sulfonamides is 1. The van der Waals surface area contributed by atoms with Gasteiger partial charge in [0.05, 0.1) is 4.90 Å². The minimum absolute atomic E-state index is 0.0125. The van der Waals surface area contributed by atoms with Crippen LogP contribution < -0.4 is 10.0 Å². The van der Waals surface area contributed by atoms with Crippen molar-refractivity contribution >= 4 is 10.0 Å². The largest absolute Gasteiger partial charge is 0.313 e. The van der Waals surface area contributed by atoms with Crippen LogP contribution in [0.5, 0.6) is 0 Å². The molecule has 4 nitrogen and oxygen atoms in total. The van der Waals surface area contributed by atoms with E-state index in [4.69, 9.17) is 0 Å². The van der Waals surface area contributed by atoms with Crippen molar-refractivity contribution < 1.29 is 12.8 Å². The Morgan fingerprint density at radius 3 is 2.62 bits per heavy atom. The maximum Gasteiger partial charge on any atom is 0.240 e. The lowest BCUT2D eigenvalue weighted by atomic mass is 10.2. The highest BCUT2D eigenvalue weighted by Gasteiger charge is 2.47. The van der Waals surface area contributed by atoms with Crippen molar-refractivity contribution in [3.63, 3.8) is 0 Å². The van der Waals surface area contributed by atoms with Crippen LogP contribution >= 0.6 is 0 Å². The molecule has 1 saturated carbocycles. The summed E-state index contributed by atoms with van der Waals surface area (Å²) in [4.78, 5) is 0.125. The van der Waals surface area contributed by atoms with Crippen molar-refractivity contribution in [2.24, 2.45) is 5.41 Å². The molecule has 0 heterocycles. The van der Waals surface area contributed by atoms with Gasteiger partial charge in [-0.3, -0.25) is 0 Å². The summed E-state index contributed by atoms with van der Waals surface area (Å²) >= 11 is 0. The van der Waals surface area contributed by atoms with Crippen molar-refractivity contribution in [3.05, 3.63) is 29.6 Å². The minimum atomic E-state index is -3.58. The molecule has 1 aromatic carbocycles. The van der Waals surface area contributed by atoms with Crippen LogP contribution in [0.1, 0.15) is 39.2 Å². The number of benzene rings is 1. The van der Waals surface area contributed by atoms with Crippen molar-refractivity contribution in [2.75, 3.05) is 6.54 Å². The summed E-state index contributed by atoms with van der Waals surface area (Å²) in [5.41, 5.74) is 0.389. The van der Waals surface area contributed by atoms with Crippen molar-refractivity contribution in [1.29, 1.82) is 0 Å². The van der Waals surface area contributed by atoms with E-state index in [0.717, 1.165) is 19.4 Å². The molecule has 1 aliphatic rings. The Morgan fingerprint density at radius 2 is 2.05 bits per heavy atom. The van der Waals surface area contributed by atoms with E-state index in [0.29, 0.717) is 12.1 Å². The maximum absolute atomic E-state index is 13.7. The fourth-order valence-corrected chi connectivity index (χ4v) is 3.63. The van der Waals surface area contributed by atoms with Crippen molar-refractivity contribution in [3.8, 4) is 0 Å². The van der Waals surface area contributed by atoms with Crippen molar-refractivity contribution in [2.45, 2.75) is 51.1 Å². The normalized spacial score (nSPS) is 20.5. The summed E-state index contributed by atoms with van der Waals surface area (Å²) in [5.74, 6) is -0.385. The van der Waals surface area contributed by atoms with Crippen molar-refractivity contribution in [1.82, 2.24) is 10.0 Å². The van der Waals surface area contributed by atoms with Gasteiger partial charge < -0.3 is 5.32 Å². The topological polar surface area (TPSA) is 58.2 Å². The molecule has 6 heteroatoms. The predicted octanol–water partition coefficient (Wildman–Crippen LogP) is 2.40. The first kappa shape index (κ1) is 16.4. The molecular formula is C15H23FN2O2S. The van der Waals surface area contributed by atoms with E-state index in [1.54, 1.807) is 0 Å². The van der Waals surface area contributed by atoms with Gasteiger partial charge in [0, 0.05) is 18.2 Å². The maximum atomic E-state index is 13.7. The molecule has 1 unspecified atom stereocenters. The van der Waals surface area contributed by atoms with Gasteiger partial charge in [-0.25, -0.2) is 17.5 Å². The van der Waals surface area contributed by atoms with Crippen LogP contribution in [-0.2, 0) is 16.6 Å². The Labute approximate surface area is 126 Å². The molecule has 0 spiro atoms. The zero-order chi connectivity index (χ0) is 15.7. The molecule has 0 aliphatic heterocycles. The summed E-state index contributed by atoms with van der Waals surface area (Å²) in [6.07, 6.45) is 1.77. The van der Waals surface area contributed by atoms with Gasteiger partial charge in [0.15, 0.2) is 0 Å². The van der Waals surface area contributed by atoms with Gasteiger partial charge >= 0.3 is 0 Å². The molecule has 1 fully saturated rings. The van der Waals surface area contributed by atoms with Crippen LogP contribution in [-0.4, -0.2) is 21.0 Å². The first-order valence-corrected chi connectivity index (χ1v) is 8.76. The Kier molecular flexibility index (Phi) is 4.70. The lowest BCUT2D eigenvalue weighted by molar-refractivity contribution is 0.553. The molecule has 0 bridgehead atoms. The summed E-state index contributed by atoms with van der Waals surface area (Å²) < 4.78 is 41.0. The van der Waals surface area contributed by atoms with E-state index in [1.807, 2.05) is 20.8 Å². The number of halogens is 1. The van der Waals surface area contributed by atoms with E-state index >= 15 is 0 Å². The predicted molar refractivity (Wildman–Crippen MR) is 80.9 cm³/mol. The summed E-state index contributed by atoms with van der Waals surface area (Å²) in [6.45, 7) is 7.16. The molecule has 2 N–H and O–H groups in total. The molecule has 1 atom stereocenters. The van der Waals surface area contributed by atoms with E-state index in [2.05, 4.69) is 10.0 Å². The molecule has 2 rings (SSSR count). The quantitative estimate of drug-likeness (QED) is 0.760. The van der Waals surface area contributed by atoms with Gasteiger partial charge in [-0.05, 0) is 43.0 Å². The molecule has 0 amide bonds. The van der Waals surface area contributed by atoms with Gasteiger partial charge in [0.25, 0.3) is 0 Å². The molecule has 21 heavy (non-hydrogen) atoms. The van der Waals surface area contributed by atoms with Crippen LogP contribution in [0.4, 0.5) is 4.39 Å². The first-order chi connectivity index (χ1) is 9.76. The Hall–Kier alpha value is -0.980. The monoisotopic (exact) mass is 314 g/mol. The van der Waals surface area contributed by atoms with E-state index in [-0.39, 0.29) is 22.2 Å². The molecule has 1 aromatic rings. The van der Waals surface area contributed by atoms with Gasteiger partial charge in [-0.1, -0.05) is 20.8 Å². The highest BCUT2D eigenvalue weighted by atomic mass is 32.2. The Morgan fingerprint density at radius 1 is 1.38 bits per heavy atom. The standard InChI is InChI=1S/C15H23FN2O2S/c1-4-7-17-10-11-8-12(5-6-13(11)16)21(19,20)18-14-9-15(14,2)3/h5-6,8,14,17-18H,4,7,9-10H2,1-3H3. The number of rotatable bonds is 7. The van der Waals surface area contributed by atoms with Crippen LogP contribution in [0.2, 0.25) is 0 Å². The van der Waals surface area contributed by atoms with Gasteiger partial charge in [0.1, 0.15) is 5.82 Å². The van der Waals surface area contributed by atoms with E-state index in [1.165, 1.54) is 18.2 Å². The van der Waals surface area contributed by atoms with Gasteiger partial charge in [-0.2, -0.15) is 0 Å². The lowest BCUT2D eigenvalue weighted by Gasteiger charge is -2.11. The SMILES string of the molecule is CCCNCc1cc(S(=O)(=O)NC2CC2(C)C)ccc1F. The molecular weight excluding hydrogens is 291 g/mol. The van der Waals surface area contributed by atoms with E-state index < -0.39 is 10.0 Å². The third-order valence-corrected chi connectivity index (χ3v) is 5.35. The smallest absolute Gasteiger partial charge is 0.240 e. The highest BCUT2D eigenvalue weighted by Crippen LogP contribution is 2.45. The van der Waals surface area contributed by atoms with Gasteiger partial charge in [-0.15, -0.1) is 0 Å². The van der Waals surface area contributed by atoms with Crippen LogP contribution in [0.3, 0.4) is 0 Å². The summed E-state index contributed by atoms with van der Waals surface area (Å²) in [5, 5.41) is 3.08. The third kappa shape index (κ3) is 4.02. The summed E-state index contributed by atoms with van der Waals surface area (Å²) in [6, 6.07) is 3.91. The molecule has 0 radical (unpaired) electrons.